The van der Waals surface area contributed by atoms with Gasteiger partial charge >= 0.3 is 0 Å². The van der Waals surface area contributed by atoms with Crippen LogP contribution in [0, 0.1) is 5.82 Å². The molecule has 1 saturated carbocycles. The fourth-order valence-electron chi connectivity index (χ4n) is 2.58. The maximum atomic E-state index is 13.3. The first kappa shape index (κ1) is 15.8. The highest BCUT2D eigenvalue weighted by Crippen LogP contribution is 2.26. The van der Waals surface area contributed by atoms with Crippen LogP contribution in [0.3, 0.4) is 0 Å². The van der Waals surface area contributed by atoms with E-state index >= 15 is 0 Å². The molecule has 1 aromatic rings. The van der Waals surface area contributed by atoms with Crippen LogP contribution in [0.2, 0.25) is 0 Å². The number of halogens is 1. The molecule has 0 spiro atoms. The van der Waals surface area contributed by atoms with Gasteiger partial charge in [0.15, 0.2) is 18.2 Å². The molecule has 5 heteroatoms. The number of hydrogen-bond acceptors (Lipinski definition) is 3. The van der Waals surface area contributed by atoms with Crippen LogP contribution in [-0.4, -0.2) is 29.8 Å². The molecular weight excluding hydrogens is 273 g/mol. The summed E-state index contributed by atoms with van der Waals surface area (Å²) in [5.74, 6) is -0.788. The van der Waals surface area contributed by atoms with Crippen LogP contribution >= 0.6 is 0 Å². The normalized spacial score (nSPS) is 17.8. The highest BCUT2D eigenvalue weighted by atomic mass is 19.1. The second kappa shape index (κ2) is 7.41. The van der Waals surface area contributed by atoms with Gasteiger partial charge in [-0.25, -0.2) is 4.39 Å². The smallest absolute Gasteiger partial charge is 0.258 e. The molecule has 0 bridgehead atoms. The average molecular weight is 295 g/mol. The molecule has 0 atom stereocenters. The van der Waals surface area contributed by atoms with Gasteiger partial charge in [0.05, 0.1) is 5.60 Å². The van der Waals surface area contributed by atoms with E-state index in [1.165, 1.54) is 12.1 Å². The van der Waals surface area contributed by atoms with Crippen molar-refractivity contribution in [3.8, 4) is 5.75 Å². The number of amides is 1. The number of rotatable bonds is 5. The Kier molecular flexibility index (Phi) is 5.56. The lowest BCUT2D eigenvalue weighted by Crippen LogP contribution is -2.44. The predicted octanol–water partition coefficient (Wildman–Crippen LogP) is 2.41. The molecule has 1 aliphatic rings. The minimum absolute atomic E-state index is 0.0563. The Labute approximate surface area is 124 Å². The van der Waals surface area contributed by atoms with Gasteiger partial charge in [-0.2, -0.15) is 0 Å². The molecule has 2 N–H and O–H groups in total. The van der Waals surface area contributed by atoms with E-state index in [4.69, 9.17) is 4.74 Å². The van der Waals surface area contributed by atoms with Crippen molar-refractivity contribution < 1.29 is 19.0 Å². The van der Waals surface area contributed by atoms with Gasteiger partial charge in [0, 0.05) is 6.54 Å². The van der Waals surface area contributed by atoms with Gasteiger partial charge < -0.3 is 15.2 Å². The fraction of sp³-hybridized carbons (Fsp3) is 0.562. The summed E-state index contributed by atoms with van der Waals surface area (Å²) in [5.41, 5.74) is -0.815. The highest BCUT2D eigenvalue weighted by Gasteiger charge is 2.28. The van der Waals surface area contributed by atoms with Gasteiger partial charge in [-0.1, -0.05) is 37.8 Å². The molecule has 0 heterocycles. The third-order valence-electron chi connectivity index (χ3n) is 3.84. The second-order valence-corrected chi connectivity index (χ2v) is 5.63. The standard InChI is InChI=1S/C16H22FNO3/c17-13-7-3-4-8-14(13)21-11-15(19)18-12-16(20)9-5-1-2-6-10-16/h3-4,7-8,20H,1-2,5-6,9-12H2,(H,18,19). The Morgan fingerprint density at radius 1 is 1.24 bits per heavy atom. The zero-order valence-corrected chi connectivity index (χ0v) is 12.1. The van der Waals surface area contributed by atoms with E-state index < -0.39 is 11.4 Å². The van der Waals surface area contributed by atoms with Gasteiger partial charge in [0.1, 0.15) is 0 Å². The summed E-state index contributed by atoms with van der Waals surface area (Å²) in [6.07, 6.45) is 5.65. The van der Waals surface area contributed by atoms with Crippen molar-refractivity contribution in [2.45, 2.75) is 44.1 Å². The number of nitrogens with one attached hydrogen (secondary N) is 1. The van der Waals surface area contributed by atoms with E-state index in [0.717, 1.165) is 25.7 Å². The van der Waals surface area contributed by atoms with Gasteiger partial charge in [-0.05, 0) is 25.0 Å². The fourth-order valence-corrected chi connectivity index (χ4v) is 2.58. The molecule has 0 radical (unpaired) electrons. The lowest BCUT2D eigenvalue weighted by atomic mass is 9.94. The number of ether oxygens (including phenoxy) is 1. The Hall–Kier alpha value is -1.62. The second-order valence-electron chi connectivity index (χ2n) is 5.63. The molecule has 0 unspecified atom stereocenters. The summed E-state index contributed by atoms with van der Waals surface area (Å²) in [4.78, 5) is 11.7. The number of carbonyl (C=O) groups is 1. The number of benzene rings is 1. The molecule has 1 amide bonds. The van der Waals surface area contributed by atoms with Crippen molar-refractivity contribution in [3.05, 3.63) is 30.1 Å². The van der Waals surface area contributed by atoms with Crippen LogP contribution in [0.5, 0.6) is 5.75 Å². The first-order valence-electron chi connectivity index (χ1n) is 7.45. The Balaban J connectivity index is 1.75. The van der Waals surface area contributed by atoms with E-state index in [2.05, 4.69) is 5.32 Å². The first-order chi connectivity index (χ1) is 10.1. The zero-order chi connectivity index (χ0) is 15.1. The maximum absolute atomic E-state index is 13.3. The predicted molar refractivity (Wildman–Crippen MR) is 77.6 cm³/mol. The average Bonchev–Trinajstić information content (AvgIpc) is 2.70. The van der Waals surface area contributed by atoms with Crippen molar-refractivity contribution in [3.63, 3.8) is 0 Å². The molecule has 1 fully saturated rings. The largest absolute Gasteiger partial charge is 0.481 e. The lowest BCUT2D eigenvalue weighted by molar-refractivity contribution is -0.124. The summed E-state index contributed by atoms with van der Waals surface area (Å²) < 4.78 is 18.5. The Bertz CT molecular complexity index is 470. The minimum Gasteiger partial charge on any atom is -0.481 e. The molecule has 4 nitrogen and oxygen atoms in total. The molecule has 0 aliphatic heterocycles. The summed E-state index contributed by atoms with van der Waals surface area (Å²) in [6, 6.07) is 5.96. The van der Waals surface area contributed by atoms with E-state index in [9.17, 15) is 14.3 Å². The van der Waals surface area contributed by atoms with Crippen LogP contribution in [0.1, 0.15) is 38.5 Å². The minimum atomic E-state index is -0.815. The van der Waals surface area contributed by atoms with Crippen LogP contribution in [0.4, 0.5) is 4.39 Å². The summed E-state index contributed by atoms with van der Waals surface area (Å²) in [5, 5.41) is 13.1. The van der Waals surface area contributed by atoms with E-state index in [1.54, 1.807) is 12.1 Å². The monoisotopic (exact) mass is 295 g/mol. The number of para-hydroxylation sites is 1. The van der Waals surface area contributed by atoms with Gasteiger partial charge in [0.25, 0.3) is 5.91 Å². The number of carbonyl (C=O) groups excluding carboxylic acids is 1. The van der Waals surface area contributed by atoms with Crippen molar-refractivity contribution >= 4 is 5.91 Å². The van der Waals surface area contributed by atoms with Crippen LogP contribution in [-0.2, 0) is 4.79 Å². The number of aliphatic hydroxyl groups is 1. The third kappa shape index (κ3) is 5.01. The van der Waals surface area contributed by atoms with Gasteiger partial charge in [-0.3, -0.25) is 4.79 Å². The van der Waals surface area contributed by atoms with E-state index in [1.807, 2.05) is 0 Å². The molecule has 0 saturated heterocycles. The Morgan fingerprint density at radius 2 is 1.90 bits per heavy atom. The van der Waals surface area contributed by atoms with Crippen molar-refractivity contribution in [1.29, 1.82) is 0 Å². The highest BCUT2D eigenvalue weighted by molar-refractivity contribution is 5.77. The van der Waals surface area contributed by atoms with E-state index in [-0.39, 0.29) is 24.8 Å². The molecule has 116 valence electrons. The van der Waals surface area contributed by atoms with Crippen molar-refractivity contribution in [2.75, 3.05) is 13.2 Å². The van der Waals surface area contributed by atoms with Crippen LogP contribution in [0.15, 0.2) is 24.3 Å². The van der Waals surface area contributed by atoms with Crippen LogP contribution in [0.25, 0.3) is 0 Å². The molecule has 1 aliphatic carbocycles. The summed E-state index contributed by atoms with van der Waals surface area (Å²) in [6.45, 7) is -0.0243. The summed E-state index contributed by atoms with van der Waals surface area (Å²) >= 11 is 0. The van der Waals surface area contributed by atoms with Crippen molar-refractivity contribution in [1.82, 2.24) is 5.32 Å². The van der Waals surface area contributed by atoms with Crippen LogP contribution < -0.4 is 10.1 Å². The molecule has 21 heavy (non-hydrogen) atoms. The molecular formula is C16H22FNO3. The first-order valence-corrected chi connectivity index (χ1v) is 7.45. The van der Waals surface area contributed by atoms with Gasteiger partial charge in [0.2, 0.25) is 0 Å². The molecule has 0 aromatic heterocycles. The third-order valence-corrected chi connectivity index (χ3v) is 3.84. The maximum Gasteiger partial charge on any atom is 0.258 e. The Morgan fingerprint density at radius 3 is 2.57 bits per heavy atom. The number of hydrogen-bond donors (Lipinski definition) is 2. The molecule has 2 rings (SSSR count). The lowest BCUT2D eigenvalue weighted by Gasteiger charge is -2.26. The molecule has 1 aromatic carbocycles. The van der Waals surface area contributed by atoms with Gasteiger partial charge in [-0.15, -0.1) is 0 Å². The zero-order valence-electron chi connectivity index (χ0n) is 12.1. The van der Waals surface area contributed by atoms with Crippen molar-refractivity contribution in [2.24, 2.45) is 0 Å². The topological polar surface area (TPSA) is 58.6 Å². The quantitative estimate of drug-likeness (QED) is 0.820. The van der Waals surface area contributed by atoms with E-state index in [0.29, 0.717) is 12.8 Å². The SMILES string of the molecule is O=C(COc1ccccc1F)NCC1(O)CCCCCC1. The summed E-state index contributed by atoms with van der Waals surface area (Å²) in [7, 11) is 0.